The van der Waals surface area contributed by atoms with E-state index in [0.717, 1.165) is 19.3 Å². The first-order valence-corrected chi connectivity index (χ1v) is 4.80. The van der Waals surface area contributed by atoms with Crippen molar-refractivity contribution in [1.82, 2.24) is 4.90 Å². The van der Waals surface area contributed by atoms with Gasteiger partial charge in [0.1, 0.15) is 0 Å². The molecule has 0 aliphatic rings. The summed E-state index contributed by atoms with van der Waals surface area (Å²) in [6, 6.07) is 2.59. The second-order valence-electron chi connectivity index (χ2n) is 3.67. The van der Waals surface area contributed by atoms with Crippen molar-refractivity contribution in [3.63, 3.8) is 0 Å². The van der Waals surface area contributed by atoms with Crippen LogP contribution in [0.15, 0.2) is 0 Å². The highest BCUT2D eigenvalue weighted by Crippen LogP contribution is 2.14. The Hall–Kier alpha value is -0.590. The molecule has 0 aliphatic heterocycles. The monoisotopic (exact) mass is 184 g/mol. The van der Waals surface area contributed by atoms with Gasteiger partial charge in [0.2, 0.25) is 0 Å². The van der Waals surface area contributed by atoms with E-state index in [1.165, 1.54) is 0 Å². The Labute approximate surface area is 81.0 Å². The van der Waals surface area contributed by atoms with Crippen molar-refractivity contribution < 1.29 is 5.11 Å². The highest BCUT2D eigenvalue weighted by Gasteiger charge is 2.17. The Morgan fingerprint density at radius 2 is 2.00 bits per heavy atom. The second kappa shape index (κ2) is 6.88. The summed E-state index contributed by atoms with van der Waals surface area (Å²) in [7, 11) is 3.99. The molecule has 0 rings (SSSR count). The maximum Gasteiger partial charge on any atom is 0.0669 e. The molecule has 0 aromatic carbocycles. The second-order valence-corrected chi connectivity index (χ2v) is 3.67. The van der Waals surface area contributed by atoms with Crippen LogP contribution in [-0.4, -0.2) is 36.8 Å². The van der Waals surface area contributed by atoms with Crippen molar-refractivity contribution in [2.45, 2.75) is 32.2 Å². The lowest BCUT2D eigenvalue weighted by Gasteiger charge is -2.26. The van der Waals surface area contributed by atoms with E-state index in [4.69, 9.17) is 10.4 Å². The molecule has 3 nitrogen and oxygen atoms in total. The Kier molecular flexibility index (Phi) is 6.56. The molecule has 0 aromatic heterocycles. The summed E-state index contributed by atoms with van der Waals surface area (Å²) in [4.78, 5) is 2.09. The number of aliphatic hydroxyl groups is 1. The number of unbranched alkanes of at least 4 members (excludes halogenated alkanes) is 1. The van der Waals surface area contributed by atoms with Gasteiger partial charge in [0.05, 0.1) is 12.0 Å². The number of nitrogens with zero attached hydrogens (tertiary/aromatic N) is 2. The van der Waals surface area contributed by atoms with Crippen LogP contribution < -0.4 is 0 Å². The van der Waals surface area contributed by atoms with Crippen LogP contribution in [0.1, 0.15) is 26.2 Å². The van der Waals surface area contributed by atoms with Crippen LogP contribution in [0, 0.1) is 17.2 Å². The SMILES string of the molecule is CC(C#N)C(CCCCO)N(C)C. The fourth-order valence-electron chi connectivity index (χ4n) is 1.51. The predicted octanol–water partition coefficient (Wildman–Crippen LogP) is 1.24. The Morgan fingerprint density at radius 3 is 2.38 bits per heavy atom. The minimum atomic E-state index is 0.0636. The van der Waals surface area contributed by atoms with Gasteiger partial charge in [-0.25, -0.2) is 0 Å². The zero-order valence-electron chi connectivity index (χ0n) is 8.82. The molecule has 76 valence electrons. The van der Waals surface area contributed by atoms with Gasteiger partial charge in [0.25, 0.3) is 0 Å². The first kappa shape index (κ1) is 12.4. The Bertz CT molecular complexity index is 163. The normalized spacial score (nSPS) is 15.4. The zero-order valence-corrected chi connectivity index (χ0v) is 8.82. The first-order valence-electron chi connectivity index (χ1n) is 4.80. The molecule has 2 unspecified atom stereocenters. The number of rotatable bonds is 6. The highest BCUT2D eigenvalue weighted by atomic mass is 16.2. The molecule has 0 bridgehead atoms. The van der Waals surface area contributed by atoms with Gasteiger partial charge in [-0.15, -0.1) is 0 Å². The van der Waals surface area contributed by atoms with Gasteiger partial charge in [-0.2, -0.15) is 5.26 Å². The maximum absolute atomic E-state index is 8.78. The van der Waals surface area contributed by atoms with Gasteiger partial charge in [0.15, 0.2) is 0 Å². The number of hydrogen-bond acceptors (Lipinski definition) is 3. The van der Waals surface area contributed by atoms with Crippen LogP contribution in [0.4, 0.5) is 0 Å². The minimum absolute atomic E-state index is 0.0636. The zero-order chi connectivity index (χ0) is 10.3. The fraction of sp³-hybridized carbons (Fsp3) is 0.900. The lowest BCUT2D eigenvalue weighted by molar-refractivity contribution is 0.220. The van der Waals surface area contributed by atoms with Crippen molar-refractivity contribution >= 4 is 0 Å². The number of nitriles is 1. The first-order chi connectivity index (χ1) is 6.13. The summed E-state index contributed by atoms with van der Waals surface area (Å²) >= 11 is 0. The molecule has 0 radical (unpaired) electrons. The third-order valence-corrected chi connectivity index (χ3v) is 2.35. The number of hydrogen-bond donors (Lipinski definition) is 1. The summed E-state index contributed by atoms with van der Waals surface area (Å²) in [5.41, 5.74) is 0. The van der Waals surface area contributed by atoms with Gasteiger partial charge in [-0.3, -0.25) is 0 Å². The third kappa shape index (κ3) is 4.87. The molecule has 0 aliphatic carbocycles. The molecule has 0 saturated carbocycles. The minimum Gasteiger partial charge on any atom is -0.396 e. The predicted molar refractivity (Wildman–Crippen MR) is 53.2 cm³/mol. The summed E-state index contributed by atoms with van der Waals surface area (Å²) in [5, 5.41) is 17.4. The van der Waals surface area contributed by atoms with E-state index in [1.807, 2.05) is 21.0 Å². The lowest BCUT2D eigenvalue weighted by Crippen LogP contribution is -2.33. The van der Waals surface area contributed by atoms with Crippen molar-refractivity contribution in [2.24, 2.45) is 5.92 Å². The van der Waals surface area contributed by atoms with E-state index in [2.05, 4.69) is 11.0 Å². The molecule has 0 spiro atoms. The van der Waals surface area contributed by atoms with Crippen LogP contribution >= 0.6 is 0 Å². The van der Waals surface area contributed by atoms with E-state index in [9.17, 15) is 0 Å². The van der Waals surface area contributed by atoms with Gasteiger partial charge in [-0.1, -0.05) is 0 Å². The summed E-state index contributed by atoms with van der Waals surface area (Å²) in [5.74, 6) is 0.0636. The van der Waals surface area contributed by atoms with E-state index in [1.54, 1.807) is 0 Å². The van der Waals surface area contributed by atoms with Crippen molar-refractivity contribution in [2.75, 3.05) is 20.7 Å². The van der Waals surface area contributed by atoms with Crippen LogP contribution in [0.2, 0.25) is 0 Å². The average molecular weight is 184 g/mol. The molecule has 2 atom stereocenters. The Morgan fingerprint density at radius 1 is 1.38 bits per heavy atom. The van der Waals surface area contributed by atoms with Crippen molar-refractivity contribution in [3.8, 4) is 6.07 Å². The highest BCUT2D eigenvalue weighted by molar-refractivity contribution is 4.88. The van der Waals surface area contributed by atoms with E-state index >= 15 is 0 Å². The van der Waals surface area contributed by atoms with Crippen molar-refractivity contribution in [1.29, 1.82) is 5.26 Å². The standard InChI is InChI=1S/C10H20N2O/c1-9(8-11)10(12(2)3)6-4-5-7-13/h9-10,13H,4-7H2,1-3H3. The van der Waals surface area contributed by atoms with Crippen LogP contribution in [-0.2, 0) is 0 Å². The Balaban J connectivity index is 3.89. The molecule has 0 amide bonds. The molecular weight excluding hydrogens is 164 g/mol. The van der Waals surface area contributed by atoms with Gasteiger partial charge >= 0.3 is 0 Å². The fourth-order valence-corrected chi connectivity index (χ4v) is 1.51. The van der Waals surface area contributed by atoms with E-state index in [-0.39, 0.29) is 12.5 Å². The maximum atomic E-state index is 8.78. The van der Waals surface area contributed by atoms with Crippen molar-refractivity contribution in [3.05, 3.63) is 0 Å². The van der Waals surface area contributed by atoms with Crippen LogP contribution in [0.5, 0.6) is 0 Å². The van der Waals surface area contributed by atoms with Crippen LogP contribution in [0.3, 0.4) is 0 Å². The number of aliphatic hydroxyl groups excluding tert-OH is 1. The van der Waals surface area contributed by atoms with E-state index < -0.39 is 0 Å². The molecule has 0 saturated heterocycles. The lowest BCUT2D eigenvalue weighted by atomic mass is 9.97. The largest absolute Gasteiger partial charge is 0.396 e. The summed E-state index contributed by atoms with van der Waals surface area (Å²) in [6.07, 6.45) is 2.82. The molecule has 0 aromatic rings. The topological polar surface area (TPSA) is 47.3 Å². The van der Waals surface area contributed by atoms with Gasteiger partial charge in [0, 0.05) is 12.6 Å². The molecule has 1 N–H and O–H groups in total. The summed E-state index contributed by atoms with van der Waals surface area (Å²) < 4.78 is 0. The van der Waals surface area contributed by atoms with Crippen LogP contribution in [0.25, 0.3) is 0 Å². The average Bonchev–Trinajstić information content (AvgIpc) is 2.11. The van der Waals surface area contributed by atoms with E-state index in [0.29, 0.717) is 6.04 Å². The smallest absolute Gasteiger partial charge is 0.0669 e. The molecule has 0 fully saturated rings. The quantitative estimate of drug-likeness (QED) is 0.632. The molecule has 13 heavy (non-hydrogen) atoms. The van der Waals surface area contributed by atoms with Gasteiger partial charge < -0.3 is 10.0 Å². The van der Waals surface area contributed by atoms with Gasteiger partial charge in [-0.05, 0) is 40.3 Å². The summed E-state index contributed by atoms with van der Waals surface area (Å²) in [6.45, 7) is 2.20. The molecule has 3 heteroatoms. The molecule has 0 heterocycles. The molecular formula is C10H20N2O. The third-order valence-electron chi connectivity index (χ3n) is 2.35.